The van der Waals surface area contributed by atoms with Gasteiger partial charge in [0.2, 0.25) is 5.91 Å². The maximum atomic E-state index is 12.7. The van der Waals surface area contributed by atoms with Gasteiger partial charge < -0.3 is 20.1 Å². The lowest BCUT2D eigenvalue weighted by Gasteiger charge is -2.20. The monoisotopic (exact) mass is 382 g/mol. The first-order chi connectivity index (χ1) is 13.7. The lowest BCUT2D eigenvalue weighted by Crippen LogP contribution is -2.49. The van der Waals surface area contributed by atoms with Gasteiger partial charge in [-0.25, -0.2) is 4.79 Å². The van der Waals surface area contributed by atoms with Crippen LogP contribution in [0.3, 0.4) is 0 Å². The fraction of sp³-hybridized carbons (Fsp3) is 0.364. The molecule has 2 aromatic carbocycles. The lowest BCUT2D eigenvalue weighted by molar-refractivity contribution is -0.123. The maximum absolute atomic E-state index is 12.7. The minimum Gasteiger partial charge on any atom is -0.445 e. The lowest BCUT2D eigenvalue weighted by atomic mass is 10.1. The van der Waals surface area contributed by atoms with Gasteiger partial charge in [-0.2, -0.15) is 0 Å². The summed E-state index contributed by atoms with van der Waals surface area (Å²) < 4.78 is 10.8. The molecule has 1 aliphatic heterocycles. The minimum absolute atomic E-state index is 0.0476. The Kier molecular flexibility index (Phi) is 7.44. The summed E-state index contributed by atoms with van der Waals surface area (Å²) in [4.78, 5) is 24.9. The second-order valence-corrected chi connectivity index (χ2v) is 6.83. The van der Waals surface area contributed by atoms with E-state index in [1.54, 1.807) is 0 Å². The van der Waals surface area contributed by atoms with Gasteiger partial charge in [0.15, 0.2) is 0 Å². The molecule has 2 aromatic rings. The van der Waals surface area contributed by atoms with E-state index in [-0.39, 0.29) is 18.6 Å². The van der Waals surface area contributed by atoms with Gasteiger partial charge in [-0.3, -0.25) is 4.79 Å². The maximum Gasteiger partial charge on any atom is 0.408 e. The van der Waals surface area contributed by atoms with Crippen molar-refractivity contribution in [1.29, 1.82) is 0 Å². The van der Waals surface area contributed by atoms with Crippen molar-refractivity contribution in [3.05, 3.63) is 71.8 Å². The van der Waals surface area contributed by atoms with Gasteiger partial charge in [0.1, 0.15) is 12.6 Å². The first kappa shape index (κ1) is 19.9. The predicted octanol–water partition coefficient (Wildman–Crippen LogP) is 2.82. The summed E-state index contributed by atoms with van der Waals surface area (Å²) >= 11 is 0. The normalized spacial score (nSPS) is 16.9. The Labute approximate surface area is 165 Å². The molecule has 148 valence electrons. The Bertz CT molecular complexity index is 746. The SMILES string of the molecule is O=C(N[C@H](Cc1ccccc1)C(=O)NC[C@@H]1CCCO1)OCc1ccccc1. The Morgan fingerprint density at radius 3 is 2.36 bits per heavy atom. The minimum atomic E-state index is -0.716. The molecule has 0 bridgehead atoms. The number of rotatable bonds is 8. The van der Waals surface area contributed by atoms with Crippen LogP contribution in [0.5, 0.6) is 0 Å². The van der Waals surface area contributed by atoms with E-state index in [2.05, 4.69) is 10.6 Å². The van der Waals surface area contributed by atoms with Crippen LogP contribution in [-0.4, -0.2) is 37.3 Å². The highest BCUT2D eigenvalue weighted by Crippen LogP contribution is 2.11. The van der Waals surface area contributed by atoms with E-state index in [1.807, 2.05) is 60.7 Å². The van der Waals surface area contributed by atoms with Gasteiger partial charge in [-0.05, 0) is 24.0 Å². The standard InChI is InChI=1S/C22H26N2O4/c25-21(23-15-19-12-7-13-27-19)20(14-17-8-3-1-4-9-17)24-22(26)28-16-18-10-5-2-6-11-18/h1-6,8-11,19-20H,7,12-16H2,(H,23,25)(H,24,26)/t19-,20+/m0/s1. The number of hydrogen-bond acceptors (Lipinski definition) is 4. The highest BCUT2D eigenvalue weighted by Gasteiger charge is 2.24. The van der Waals surface area contributed by atoms with E-state index in [0.29, 0.717) is 13.0 Å². The Hall–Kier alpha value is -2.86. The van der Waals surface area contributed by atoms with Gasteiger partial charge in [-0.1, -0.05) is 60.7 Å². The third-order valence-electron chi connectivity index (χ3n) is 4.63. The highest BCUT2D eigenvalue weighted by molar-refractivity contribution is 5.85. The summed E-state index contributed by atoms with van der Waals surface area (Å²) in [5.41, 5.74) is 1.85. The topological polar surface area (TPSA) is 76.7 Å². The molecular formula is C22H26N2O4. The van der Waals surface area contributed by atoms with Crippen LogP contribution in [0.1, 0.15) is 24.0 Å². The van der Waals surface area contributed by atoms with Crippen molar-refractivity contribution < 1.29 is 19.1 Å². The van der Waals surface area contributed by atoms with E-state index in [4.69, 9.17) is 9.47 Å². The number of carbonyl (C=O) groups is 2. The van der Waals surface area contributed by atoms with E-state index >= 15 is 0 Å². The zero-order valence-corrected chi connectivity index (χ0v) is 15.8. The smallest absolute Gasteiger partial charge is 0.408 e. The van der Waals surface area contributed by atoms with Crippen molar-refractivity contribution in [1.82, 2.24) is 10.6 Å². The average molecular weight is 382 g/mol. The van der Waals surface area contributed by atoms with Crippen LogP contribution >= 0.6 is 0 Å². The molecule has 1 saturated heterocycles. The summed E-state index contributed by atoms with van der Waals surface area (Å²) in [5, 5.41) is 5.59. The number of nitrogens with one attached hydrogen (secondary N) is 2. The summed E-state index contributed by atoms with van der Waals surface area (Å²) in [6.07, 6.45) is 1.77. The van der Waals surface area contributed by atoms with Gasteiger partial charge >= 0.3 is 6.09 Å². The van der Waals surface area contributed by atoms with Crippen molar-refractivity contribution in [2.24, 2.45) is 0 Å². The number of hydrogen-bond donors (Lipinski definition) is 2. The quantitative estimate of drug-likeness (QED) is 0.736. The molecule has 0 spiro atoms. The predicted molar refractivity (Wildman–Crippen MR) is 106 cm³/mol. The van der Waals surface area contributed by atoms with Crippen molar-refractivity contribution in [3.63, 3.8) is 0 Å². The van der Waals surface area contributed by atoms with Crippen LogP contribution in [0, 0.1) is 0 Å². The van der Waals surface area contributed by atoms with Crippen molar-refractivity contribution >= 4 is 12.0 Å². The van der Waals surface area contributed by atoms with E-state index < -0.39 is 12.1 Å². The zero-order valence-electron chi connectivity index (χ0n) is 15.8. The second kappa shape index (κ2) is 10.5. The number of benzene rings is 2. The molecule has 0 saturated carbocycles. The van der Waals surface area contributed by atoms with Gasteiger partial charge in [0, 0.05) is 19.6 Å². The molecule has 6 heteroatoms. The molecule has 28 heavy (non-hydrogen) atoms. The number of alkyl carbamates (subject to hydrolysis) is 1. The summed E-state index contributed by atoms with van der Waals surface area (Å²) in [7, 11) is 0. The van der Waals surface area contributed by atoms with Crippen molar-refractivity contribution in [2.75, 3.05) is 13.2 Å². The molecule has 6 nitrogen and oxygen atoms in total. The first-order valence-electron chi connectivity index (χ1n) is 9.61. The molecule has 2 amide bonds. The third kappa shape index (κ3) is 6.39. The average Bonchev–Trinajstić information content (AvgIpc) is 3.25. The molecule has 3 rings (SSSR count). The summed E-state index contributed by atoms with van der Waals surface area (Å²) in [6, 6.07) is 18.3. The Morgan fingerprint density at radius 2 is 1.71 bits per heavy atom. The van der Waals surface area contributed by atoms with Crippen molar-refractivity contribution in [3.8, 4) is 0 Å². The Balaban J connectivity index is 1.56. The number of ether oxygens (including phenoxy) is 2. The van der Waals surface area contributed by atoms with Gasteiger partial charge in [-0.15, -0.1) is 0 Å². The van der Waals surface area contributed by atoms with E-state index in [9.17, 15) is 9.59 Å². The van der Waals surface area contributed by atoms with Crippen LogP contribution < -0.4 is 10.6 Å². The molecule has 1 fully saturated rings. The van der Waals surface area contributed by atoms with Crippen LogP contribution in [0.25, 0.3) is 0 Å². The molecule has 0 aliphatic carbocycles. The van der Waals surface area contributed by atoms with Gasteiger partial charge in [0.25, 0.3) is 0 Å². The van der Waals surface area contributed by atoms with E-state index in [1.165, 1.54) is 0 Å². The third-order valence-corrected chi connectivity index (χ3v) is 4.63. The highest BCUT2D eigenvalue weighted by atomic mass is 16.5. The molecule has 1 heterocycles. The summed E-state index contributed by atoms with van der Waals surface area (Å²) in [6.45, 7) is 1.34. The summed E-state index contributed by atoms with van der Waals surface area (Å²) in [5.74, 6) is -0.240. The van der Waals surface area contributed by atoms with E-state index in [0.717, 1.165) is 30.6 Å². The molecular weight excluding hydrogens is 356 g/mol. The fourth-order valence-corrected chi connectivity index (χ4v) is 3.11. The first-order valence-corrected chi connectivity index (χ1v) is 9.61. The zero-order chi connectivity index (χ0) is 19.6. The van der Waals surface area contributed by atoms with Gasteiger partial charge in [0.05, 0.1) is 6.10 Å². The Morgan fingerprint density at radius 1 is 1.04 bits per heavy atom. The number of amides is 2. The van der Waals surface area contributed by atoms with Crippen molar-refractivity contribution in [2.45, 2.75) is 38.0 Å². The van der Waals surface area contributed by atoms with Crippen LogP contribution in [0.15, 0.2) is 60.7 Å². The molecule has 1 aliphatic rings. The van der Waals surface area contributed by atoms with Crippen LogP contribution in [0.2, 0.25) is 0 Å². The number of carbonyl (C=O) groups excluding carboxylic acids is 2. The molecule has 0 aromatic heterocycles. The molecule has 2 N–H and O–H groups in total. The fourth-order valence-electron chi connectivity index (χ4n) is 3.11. The van der Waals surface area contributed by atoms with Crippen LogP contribution in [0.4, 0.5) is 4.79 Å². The molecule has 2 atom stereocenters. The second-order valence-electron chi connectivity index (χ2n) is 6.83. The molecule has 0 unspecified atom stereocenters. The van der Waals surface area contributed by atoms with Crippen LogP contribution in [-0.2, 0) is 27.3 Å². The molecule has 0 radical (unpaired) electrons. The largest absolute Gasteiger partial charge is 0.445 e.